The van der Waals surface area contributed by atoms with E-state index in [4.69, 9.17) is 0 Å². The number of aliphatic hydroxyl groups is 1. The van der Waals surface area contributed by atoms with Gasteiger partial charge in [-0.25, -0.2) is 4.79 Å². The Kier molecular flexibility index (Phi) is 4.22. The number of carbonyl (C=O) groups is 2. The number of para-hydroxylation sites is 2. The van der Waals surface area contributed by atoms with E-state index in [9.17, 15) is 14.7 Å². The van der Waals surface area contributed by atoms with Crippen LogP contribution in [0.4, 0.5) is 16.2 Å². The van der Waals surface area contributed by atoms with Gasteiger partial charge in [0.15, 0.2) is 0 Å². The Morgan fingerprint density at radius 1 is 1.17 bits per heavy atom. The van der Waals surface area contributed by atoms with Crippen LogP contribution in [0.5, 0.6) is 0 Å². The molecule has 1 aliphatic heterocycles. The number of nitrogens with one attached hydrogen (secondary N) is 2. The van der Waals surface area contributed by atoms with Gasteiger partial charge in [-0.05, 0) is 24.6 Å². The first kappa shape index (κ1) is 16.0. The molecule has 0 aromatic heterocycles. The largest absolute Gasteiger partial charge is 0.359 e. The summed E-state index contributed by atoms with van der Waals surface area (Å²) in [5.74, 6) is -0.629. The van der Waals surface area contributed by atoms with Gasteiger partial charge in [-0.15, -0.1) is 0 Å². The van der Waals surface area contributed by atoms with Crippen molar-refractivity contribution in [3.05, 3.63) is 60.2 Å². The molecule has 0 unspecified atom stereocenters. The summed E-state index contributed by atoms with van der Waals surface area (Å²) in [7, 11) is 0. The summed E-state index contributed by atoms with van der Waals surface area (Å²) in [4.78, 5) is 26.5. The molecule has 1 aliphatic rings. The van der Waals surface area contributed by atoms with Crippen LogP contribution < -0.4 is 15.5 Å². The van der Waals surface area contributed by atoms with Crippen LogP contribution in [0.15, 0.2) is 54.6 Å². The number of hydrogen-bond acceptors (Lipinski definition) is 3. The van der Waals surface area contributed by atoms with Crippen molar-refractivity contribution in [3.8, 4) is 0 Å². The lowest BCUT2D eigenvalue weighted by Gasteiger charge is -2.42. The molecule has 124 valence electrons. The summed E-state index contributed by atoms with van der Waals surface area (Å²) < 4.78 is 0. The zero-order chi connectivity index (χ0) is 17.2. The van der Waals surface area contributed by atoms with Crippen LogP contribution in [0.1, 0.15) is 18.9 Å². The van der Waals surface area contributed by atoms with E-state index in [2.05, 4.69) is 10.6 Å². The van der Waals surface area contributed by atoms with Crippen molar-refractivity contribution in [1.82, 2.24) is 5.32 Å². The lowest BCUT2D eigenvalue weighted by atomic mass is 9.95. The Hall–Kier alpha value is -2.86. The van der Waals surface area contributed by atoms with Crippen molar-refractivity contribution in [2.45, 2.75) is 19.1 Å². The van der Waals surface area contributed by atoms with Gasteiger partial charge in [0.25, 0.3) is 11.6 Å². The summed E-state index contributed by atoms with van der Waals surface area (Å²) in [6.07, 6.45) is 0.723. The summed E-state index contributed by atoms with van der Waals surface area (Å²) >= 11 is 0. The molecule has 6 nitrogen and oxygen atoms in total. The molecule has 24 heavy (non-hydrogen) atoms. The SMILES string of the molecule is CCCNC(=O)[C@]1(O)c2ccccc2NC(=O)N1c1ccccc1. The normalized spacial score (nSPS) is 19.4. The van der Waals surface area contributed by atoms with Crippen LogP contribution in [0.25, 0.3) is 0 Å². The Labute approximate surface area is 140 Å². The summed E-state index contributed by atoms with van der Waals surface area (Å²) in [6, 6.07) is 14.8. The average Bonchev–Trinajstić information content (AvgIpc) is 2.60. The molecule has 6 heteroatoms. The molecule has 2 aromatic carbocycles. The molecule has 0 saturated carbocycles. The van der Waals surface area contributed by atoms with Crippen LogP contribution in [0, 0.1) is 0 Å². The smallest absolute Gasteiger partial charge is 0.329 e. The van der Waals surface area contributed by atoms with Crippen molar-refractivity contribution in [3.63, 3.8) is 0 Å². The van der Waals surface area contributed by atoms with Crippen LogP contribution in [0.3, 0.4) is 0 Å². The molecule has 3 N–H and O–H groups in total. The third-order valence-corrected chi connectivity index (χ3v) is 3.94. The monoisotopic (exact) mass is 325 g/mol. The van der Waals surface area contributed by atoms with Crippen molar-refractivity contribution < 1.29 is 14.7 Å². The highest BCUT2D eigenvalue weighted by Crippen LogP contribution is 2.39. The molecule has 3 amide bonds. The Balaban J connectivity index is 2.16. The third kappa shape index (κ3) is 2.51. The number of fused-ring (bicyclic) bond motifs is 1. The highest BCUT2D eigenvalue weighted by molar-refractivity contribution is 6.11. The van der Waals surface area contributed by atoms with Crippen LogP contribution in [-0.2, 0) is 10.5 Å². The second-order valence-electron chi connectivity index (χ2n) is 5.57. The van der Waals surface area contributed by atoms with Gasteiger partial charge < -0.3 is 15.7 Å². The quantitative estimate of drug-likeness (QED) is 0.807. The molecule has 1 atom stereocenters. The predicted octanol–water partition coefficient (Wildman–Crippen LogP) is 2.41. The van der Waals surface area contributed by atoms with E-state index in [1.807, 2.05) is 6.92 Å². The Morgan fingerprint density at radius 2 is 1.83 bits per heavy atom. The van der Waals surface area contributed by atoms with Gasteiger partial charge in [0, 0.05) is 17.8 Å². The first-order valence-electron chi connectivity index (χ1n) is 7.85. The molecule has 3 rings (SSSR count). The highest BCUT2D eigenvalue weighted by Gasteiger charge is 2.51. The van der Waals surface area contributed by atoms with Gasteiger partial charge in [0.2, 0.25) is 0 Å². The van der Waals surface area contributed by atoms with Crippen molar-refractivity contribution in [2.24, 2.45) is 0 Å². The van der Waals surface area contributed by atoms with Crippen LogP contribution in [0.2, 0.25) is 0 Å². The number of nitrogens with zero attached hydrogens (tertiary/aromatic N) is 1. The minimum Gasteiger partial charge on any atom is -0.359 e. The minimum atomic E-state index is -2.12. The van der Waals surface area contributed by atoms with E-state index < -0.39 is 17.7 Å². The van der Waals surface area contributed by atoms with Crippen molar-refractivity contribution in [1.29, 1.82) is 0 Å². The van der Waals surface area contributed by atoms with Gasteiger partial charge >= 0.3 is 6.03 Å². The molecule has 0 saturated heterocycles. The van der Waals surface area contributed by atoms with Crippen molar-refractivity contribution >= 4 is 23.3 Å². The first-order valence-corrected chi connectivity index (χ1v) is 7.85. The zero-order valence-corrected chi connectivity index (χ0v) is 13.3. The number of amides is 3. The molecule has 2 aromatic rings. The van der Waals surface area contributed by atoms with E-state index in [1.165, 1.54) is 0 Å². The number of rotatable bonds is 4. The fourth-order valence-corrected chi connectivity index (χ4v) is 2.80. The van der Waals surface area contributed by atoms with Gasteiger partial charge in [-0.1, -0.05) is 43.3 Å². The molecule has 0 bridgehead atoms. The Morgan fingerprint density at radius 3 is 2.54 bits per heavy atom. The van der Waals surface area contributed by atoms with Crippen LogP contribution >= 0.6 is 0 Å². The number of anilines is 2. The molecular formula is C18H19N3O3. The second kappa shape index (κ2) is 6.33. The maximum atomic E-state index is 12.8. The molecule has 0 fully saturated rings. The lowest BCUT2D eigenvalue weighted by molar-refractivity contribution is -0.140. The number of hydrogen-bond donors (Lipinski definition) is 3. The average molecular weight is 325 g/mol. The summed E-state index contributed by atoms with van der Waals surface area (Å²) in [5.41, 5.74) is -0.931. The minimum absolute atomic E-state index is 0.335. The molecular weight excluding hydrogens is 306 g/mol. The summed E-state index contributed by atoms with van der Waals surface area (Å²) in [6.45, 7) is 2.33. The standard InChI is InChI=1S/C18H19N3O3/c1-2-12-19-16(22)18(24)14-10-6-7-11-15(14)20-17(23)21(18)13-8-4-3-5-9-13/h3-11,24H,2,12H2,1H3,(H,19,22)(H,20,23)/t18-/m1/s1. The first-order chi connectivity index (χ1) is 11.6. The maximum Gasteiger partial charge on any atom is 0.329 e. The van der Waals surface area contributed by atoms with E-state index in [1.54, 1.807) is 54.6 Å². The van der Waals surface area contributed by atoms with Gasteiger partial charge in [0.05, 0.1) is 5.69 Å². The zero-order valence-electron chi connectivity index (χ0n) is 13.3. The molecule has 0 aliphatic carbocycles. The molecule has 0 spiro atoms. The topological polar surface area (TPSA) is 81.7 Å². The van der Waals surface area contributed by atoms with E-state index in [0.29, 0.717) is 23.5 Å². The van der Waals surface area contributed by atoms with Gasteiger partial charge in [0.1, 0.15) is 0 Å². The third-order valence-electron chi connectivity index (χ3n) is 3.94. The number of carbonyl (C=O) groups excluding carboxylic acids is 2. The van der Waals surface area contributed by atoms with Crippen molar-refractivity contribution in [2.75, 3.05) is 16.8 Å². The fourth-order valence-electron chi connectivity index (χ4n) is 2.80. The van der Waals surface area contributed by atoms with E-state index >= 15 is 0 Å². The van der Waals surface area contributed by atoms with E-state index in [-0.39, 0.29) is 0 Å². The van der Waals surface area contributed by atoms with Gasteiger partial charge in [-0.2, -0.15) is 0 Å². The summed E-state index contributed by atoms with van der Waals surface area (Å²) in [5, 5.41) is 16.8. The molecule has 0 radical (unpaired) electrons. The van der Waals surface area contributed by atoms with E-state index in [0.717, 1.165) is 11.3 Å². The molecule has 1 heterocycles. The second-order valence-corrected chi connectivity index (χ2v) is 5.57. The predicted molar refractivity (Wildman–Crippen MR) is 91.6 cm³/mol. The highest BCUT2D eigenvalue weighted by atomic mass is 16.3. The number of benzene rings is 2. The fraction of sp³-hybridized carbons (Fsp3) is 0.222. The maximum absolute atomic E-state index is 12.8. The Bertz CT molecular complexity index is 763. The lowest BCUT2D eigenvalue weighted by Crippen LogP contribution is -2.62. The number of urea groups is 1. The van der Waals surface area contributed by atoms with Gasteiger partial charge in [-0.3, -0.25) is 9.69 Å². The van der Waals surface area contributed by atoms with Crippen LogP contribution in [-0.4, -0.2) is 23.6 Å².